The van der Waals surface area contributed by atoms with E-state index in [-0.39, 0.29) is 0 Å². The van der Waals surface area contributed by atoms with Gasteiger partial charge in [-0.1, -0.05) is 18.2 Å². The molecule has 0 bridgehead atoms. The Morgan fingerprint density at radius 3 is 2.69 bits per heavy atom. The number of nitrogens with zero attached hydrogens (tertiary/aromatic N) is 2. The molecule has 2 aromatic rings. The fraction of sp³-hybridized carbons (Fsp3) is 0.429. The highest BCUT2D eigenvalue weighted by Gasteiger charge is 2.16. The number of nitrogens with one attached hydrogen (secondary N) is 1. The molecule has 1 aromatic heterocycles. The number of ether oxygens (including phenoxy) is 2. The van der Waals surface area contributed by atoms with E-state index in [1.165, 1.54) is 0 Å². The van der Waals surface area contributed by atoms with Crippen LogP contribution in [0, 0.1) is 11.3 Å². The zero-order valence-electron chi connectivity index (χ0n) is 17.1. The lowest BCUT2D eigenvalue weighted by molar-refractivity contribution is 0.0528. The van der Waals surface area contributed by atoms with Crippen LogP contribution in [0.2, 0.25) is 0 Å². The number of para-hydroxylation sites is 1. The number of nitriles is 1. The van der Waals surface area contributed by atoms with Gasteiger partial charge in [-0.25, -0.2) is 9.59 Å². The Labute approximate surface area is 170 Å². The summed E-state index contributed by atoms with van der Waals surface area (Å²) in [7, 11) is 0. The van der Waals surface area contributed by atoms with Crippen LogP contribution in [0.1, 0.15) is 44.5 Å². The van der Waals surface area contributed by atoms with Gasteiger partial charge < -0.3 is 20.5 Å². The first-order valence-electron chi connectivity index (χ1n) is 9.33. The van der Waals surface area contributed by atoms with Crippen molar-refractivity contribution in [2.75, 3.05) is 6.54 Å². The van der Waals surface area contributed by atoms with Crippen molar-refractivity contribution in [3.05, 3.63) is 41.1 Å². The number of pyridine rings is 1. The molecule has 0 fully saturated rings. The van der Waals surface area contributed by atoms with Gasteiger partial charge in [-0.05, 0) is 39.3 Å². The average Bonchev–Trinajstić information content (AvgIpc) is 2.59. The van der Waals surface area contributed by atoms with Gasteiger partial charge in [0, 0.05) is 30.5 Å². The van der Waals surface area contributed by atoms with Crippen LogP contribution in [0.25, 0.3) is 10.9 Å². The Balaban J connectivity index is 2.22. The van der Waals surface area contributed by atoms with E-state index in [0.717, 1.165) is 10.9 Å². The van der Waals surface area contributed by atoms with Gasteiger partial charge in [0.15, 0.2) is 0 Å². The number of carbonyl (C=O) groups excluding carboxylic acids is 2. The van der Waals surface area contributed by atoms with E-state index in [1.54, 1.807) is 33.8 Å². The number of alkyl carbamates (subject to hydrolysis) is 1. The van der Waals surface area contributed by atoms with Gasteiger partial charge in [-0.15, -0.1) is 0 Å². The Kier molecular flexibility index (Phi) is 6.99. The number of primary amides is 1. The molecule has 2 amide bonds. The molecule has 0 saturated carbocycles. The summed E-state index contributed by atoms with van der Waals surface area (Å²) in [5.74, 6) is 0. The summed E-state index contributed by atoms with van der Waals surface area (Å²) in [4.78, 5) is 27.4. The third-order valence-electron chi connectivity index (χ3n) is 3.97. The predicted molar refractivity (Wildman–Crippen MR) is 108 cm³/mol. The van der Waals surface area contributed by atoms with Crippen LogP contribution in [0.15, 0.2) is 24.3 Å². The lowest BCUT2D eigenvalue weighted by Gasteiger charge is -2.19. The molecular weight excluding hydrogens is 372 g/mol. The highest BCUT2D eigenvalue weighted by atomic mass is 16.6. The smallest absolute Gasteiger partial charge is 0.407 e. The van der Waals surface area contributed by atoms with Crippen molar-refractivity contribution in [1.29, 1.82) is 5.26 Å². The third kappa shape index (κ3) is 6.64. The molecule has 2 rings (SSSR count). The minimum Gasteiger partial charge on any atom is -0.446 e. The Hall–Kier alpha value is -3.34. The van der Waals surface area contributed by atoms with E-state index in [2.05, 4.69) is 16.4 Å². The largest absolute Gasteiger partial charge is 0.446 e. The summed E-state index contributed by atoms with van der Waals surface area (Å²) in [6, 6.07) is 9.45. The topological polar surface area (TPSA) is 127 Å². The molecule has 154 valence electrons. The zero-order valence-corrected chi connectivity index (χ0v) is 17.1. The van der Waals surface area contributed by atoms with Gasteiger partial charge in [0.25, 0.3) is 0 Å². The maximum absolute atomic E-state index is 11.8. The number of hydrogen-bond donors (Lipinski definition) is 2. The van der Waals surface area contributed by atoms with Crippen molar-refractivity contribution in [1.82, 2.24) is 10.3 Å². The maximum Gasteiger partial charge on any atom is 0.407 e. The quantitative estimate of drug-likeness (QED) is 0.769. The fourth-order valence-electron chi connectivity index (χ4n) is 2.90. The van der Waals surface area contributed by atoms with Gasteiger partial charge in [0.05, 0.1) is 17.1 Å². The van der Waals surface area contributed by atoms with E-state index >= 15 is 0 Å². The van der Waals surface area contributed by atoms with E-state index in [0.29, 0.717) is 36.2 Å². The van der Waals surface area contributed by atoms with Crippen molar-refractivity contribution < 1.29 is 19.1 Å². The number of amides is 2. The lowest BCUT2D eigenvalue weighted by Crippen LogP contribution is -2.33. The number of aromatic nitrogens is 1. The number of fused-ring (bicyclic) bond motifs is 1. The van der Waals surface area contributed by atoms with Crippen molar-refractivity contribution in [3.8, 4) is 6.07 Å². The highest BCUT2D eigenvalue weighted by Crippen LogP contribution is 2.23. The molecule has 0 spiro atoms. The predicted octanol–water partition coefficient (Wildman–Crippen LogP) is 3.20. The molecule has 0 saturated heterocycles. The van der Waals surface area contributed by atoms with Crippen molar-refractivity contribution in [3.63, 3.8) is 0 Å². The van der Waals surface area contributed by atoms with Crippen molar-refractivity contribution in [2.24, 2.45) is 5.73 Å². The molecule has 1 atom stereocenters. The summed E-state index contributed by atoms with van der Waals surface area (Å²) in [6.07, 6.45) is -0.916. The highest BCUT2D eigenvalue weighted by molar-refractivity contribution is 5.87. The van der Waals surface area contributed by atoms with E-state index in [1.807, 2.05) is 18.2 Å². The molecular formula is C21H26N4O4. The van der Waals surface area contributed by atoms with Gasteiger partial charge in [0.1, 0.15) is 11.7 Å². The fourth-order valence-corrected chi connectivity index (χ4v) is 2.90. The first kappa shape index (κ1) is 22.0. The second-order valence-electron chi connectivity index (χ2n) is 7.72. The summed E-state index contributed by atoms with van der Waals surface area (Å²) < 4.78 is 10.2. The molecule has 8 heteroatoms. The Bertz CT molecular complexity index is 944. The molecule has 0 aliphatic heterocycles. The average molecular weight is 398 g/mol. The molecule has 29 heavy (non-hydrogen) atoms. The standard InChI is InChI=1S/C21H26N4O4/c1-13(28-19(23)26)10-14-6-5-7-17-15(12-22)11-16(25-18(14)17)8-9-24-20(27)29-21(2,3)4/h5-7,11,13H,8-10H2,1-4H3,(H2,23,26)(H,24,27). The second kappa shape index (κ2) is 9.24. The third-order valence-corrected chi connectivity index (χ3v) is 3.97. The van der Waals surface area contributed by atoms with Crippen LogP contribution in [-0.2, 0) is 22.3 Å². The Morgan fingerprint density at radius 1 is 1.34 bits per heavy atom. The second-order valence-corrected chi connectivity index (χ2v) is 7.72. The number of nitrogens with two attached hydrogens (primary N) is 1. The summed E-state index contributed by atoms with van der Waals surface area (Å²) in [5, 5.41) is 12.9. The van der Waals surface area contributed by atoms with Crippen LogP contribution in [0.5, 0.6) is 0 Å². The normalized spacial score (nSPS) is 12.1. The van der Waals surface area contributed by atoms with Gasteiger partial charge in [-0.3, -0.25) is 4.98 Å². The molecule has 0 radical (unpaired) electrons. The SMILES string of the molecule is CC(Cc1cccc2c(C#N)cc(CCNC(=O)OC(C)(C)C)nc12)OC(N)=O. The summed E-state index contributed by atoms with van der Waals surface area (Å²) in [6.45, 7) is 7.44. The zero-order chi connectivity index (χ0) is 21.6. The summed E-state index contributed by atoms with van der Waals surface area (Å²) >= 11 is 0. The number of benzene rings is 1. The van der Waals surface area contributed by atoms with Gasteiger partial charge in [0.2, 0.25) is 0 Å². The molecule has 1 aromatic carbocycles. The number of rotatable bonds is 6. The maximum atomic E-state index is 11.8. The van der Waals surface area contributed by atoms with Crippen LogP contribution < -0.4 is 11.1 Å². The van der Waals surface area contributed by atoms with E-state index < -0.39 is 23.9 Å². The van der Waals surface area contributed by atoms with E-state index in [9.17, 15) is 14.9 Å². The number of hydrogen-bond acceptors (Lipinski definition) is 6. The van der Waals surface area contributed by atoms with Crippen LogP contribution in [0.4, 0.5) is 9.59 Å². The van der Waals surface area contributed by atoms with E-state index in [4.69, 9.17) is 15.2 Å². The summed E-state index contributed by atoms with van der Waals surface area (Å²) in [5.41, 5.74) is 7.18. The van der Waals surface area contributed by atoms with Crippen molar-refractivity contribution in [2.45, 2.75) is 52.2 Å². The lowest BCUT2D eigenvalue weighted by atomic mass is 10.0. The van der Waals surface area contributed by atoms with Crippen LogP contribution in [-0.4, -0.2) is 35.4 Å². The minimum atomic E-state index is -0.836. The van der Waals surface area contributed by atoms with Gasteiger partial charge in [-0.2, -0.15) is 5.26 Å². The molecule has 3 N–H and O–H groups in total. The van der Waals surface area contributed by atoms with Gasteiger partial charge >= 0.3 is 12.2 Å². The van der Waals surface area contributed by atoms with Crippen LogP contribution >= 0.6 is 0 Å². The first-order valence-corrected chi connectivity index (χ1v) is 9.33. The molecule has 0 aliphatic carbocycles. The first-order chi connectivity index (χ1) is 13.6. The molecule has 0 aliphatic rings. The molecule has 1 unspecified atom stereocenters. The number of carbonyl (C=O) groups is 2. The Morgan fingerprint density at radius 2 is 2.07 bits per heavy atom. The molecule has 8 nitrogen and oxygen atoms in total. The monoisotopic (exact) mass is 398 g/mol. The minimum absolute atomic E-state index is 0.321. The van der Waals surface area contributed by atoms with Crippen LogP contribution in [0.3, 0.4) is 0 Å². The molecule has 1 heterocycles. The van der Waals surface area contributed by atoms with Crippen molar-refractivity contribution >= 4 is 23.1 Å².